The van der Waals surface area contributed by atoms with Crippen molar-refractivity contribution in [3.05, 3.63) is 23.2 Å². The molecule has 0 aromatic heterocycles. The van der Waals surface area contributed by atoms with Crippen molar-refractivity contribution >= 4 is 38.9 Å². The number of benzene rings is 1. The summed E-state index contributed by atoms with van der Waals surface area (Å²) in [6.07, 6.45) is 2.32. The molecule has 1 aromatic rings. The van der Waals surface area contributed by atoms with Gasteiger partial charge in [0.1, 0.15) is 0 Å². The van der Waals surface area contributed by atoms with Crippen molar-refractivity contribution in [2.24, 2.45) is 0 Å². The van der Waals surface area contributed by atoms with Gasteiger partial charge in [-0.25, -0.2) is 12.7 Å². The first-order chi connectivity index (χ1) is 13.3. The van der Waals surface area contributed by atoms with Gasteiger partial charge in [-0.15, -0.1) is 0 Å². The van der Waals surface area contributed by atoms with Crippen LogP contribution in [0.4, 0.5) is 11.4 Å². The number of anilines is 2. The van der Waals surface area contributed by atoms with Crippen molar-refractivity contribution in [3.8, 4) is 0 Å². The van der Waals surface area contributed by atoms with Crippen molar-refractivity contribution in [1.29, 1.82) is 0 Å². The van der Waals surface area contributed by atoms with E-state index < -0.39 is 10.0 Å². The van der Waals surface area contributed by atoms with Crippen LogP contribution in [0.2, 0.25) is 5.02 Å². The fourth-order valence-electron chi connectivity index (χ4n) is 3.65. The van der Waals surface area contributed by atoms with Gasteiger partial charge in [0.25, 0.3) is 0 Å². The minimum Gasteiger partial charge on any atom is -0.367 e. The molecule has 2 heterocycles. The maximum Gasteiger partial charge on any atom is 0.224 e. The number of amides is 1. The number of hydrogen-bond donors (Lipinski definition) is 1. The summed E-state index contributed by atoms with van der Waals surface area (Å²) in [5.41, 5.74) is 1.64. The van der Waals surface area contributed by atoms with E-state index in [1.807, 2.05) is 12.1 Å². The molecular formula is C19H29ClN4O3S. The minimum absolute atomic E-state index is 0.0152. The predicted molar refractivity (Wildman–Crippen MR) is 114 cm³/mol. The fourth-order valence-corrected chi connectivity index (χ4v) is 5.41. The van der Waals surface area contributed by atoms with Crippen molar-refractivity contribution in [3.63, 3.8) is 0 Å². The summed E-state index contributed by atoms with van der Waals surface area (Å²) >= 11 is 6.14. The van der Waals surface area contributed by atoms with Crippen LogP contribution in [0.1, 0.15) is 25.7 Å². The van der Waals surface area contributed by atoms with Crippen LogP contribution in [0.25, 0.3) is 0 Å². The summed E-state index contributed by atoms with van der Waals surface area (Å²) in [6, 6.07) is 5.52. The zero-order valence-corrected chi connectivity index (χ0v) is 17.9. The van der Waals surface area contributed by atoms with Crippen molar-refractivity contribution in [1.82, 2.24) is 9.21 Å². The Morgan fingerprint density at radius 1 is 1.11 bits per heavy atom. The third-order valence-corrected chi connectivity index (χ3v) is 7.53. The Bertz CT molecular complexity index is 788. The Hall–Kier alpha value is -1.35. The van der Waals surface area contributed by atoms with E-state index in [-0.39, 0.29) is 18.1 Å². The molecule has 0 unspecified atom stereocenters. The van der Waals surface area contributed by atoms with Crippen LogP contribution < -0.4 is 10.2 Å². The Morgan fingerprint density at radius 3 is 2.46 bits per heavy atom. The molecule has 2 fully saturated rings. The molecule has 0 spiro atoms. The number of nitrogens with one attached hydrogen (secondary N) is 1. The van der Waals surface area contributed by atoms with E-state index in [4.69, 9.17) is 11.6 Å². The monoisotopic (exact) mass is 428 g/mol. The minimum atomic E-state index is -3.25. The predicted octanol–water partition coefficient (Wildman–Crippen LogP) is 2.24. The SMILES string of the molecule is CN1CCN(c2ccc(Cl)cc2NC(=O)CCCS(=O)(=O)N2CCCC2)CC1. The van der Waals surface area contributed by atoms with Gasteiger partial charge < -0.3 is 15.1 Å². The number of nitrogens with zero attached hydrogens (tertiary/aromatic N) is 3. The summed E-state index contributed by atoms with van der Waals surface area (Å²) in [5, 5.41) is 3.49. The molecule has 1 amide bonds. The molecular weight excluding hydrogens is 400 g/mol. The molecule has 7 nitrogen and oxygen atoms in total. The van der Waals surface area contributed by atoms with E-state index in [0.717, 1.165) is 44.7 Å². The number of likely N-dealkylation sites (N-methyl/N-ethyl adjacent to an activating group) is 1. The molecule has 2 aliphatic rings. The Balaban J connectivity index is 1.56. The van der Waals surface area contributed by atoms with Gasteiger partial charge in [-0.3, -0.25) is 4.79 Å². The van der Waals surface area contributed by atoms with Gasteiger partial charge >= 0.3 is 0 Å². The first-order valence-corrected chi connectivity index (χ1v) is 11.8. The third-order valence-electron chi connectivity index (χ3n) is 5.34. The van der Waals surface area contributed by atoms with Gasteiger partial charge in [0.05, 0.1) is 17.1 Å². The molecule has 0 aliphatic carbocycles. The lowest BCUT2D eigenvalue weighted by atomic mass is 10.2. The van der Waals surface area contributed by atoms with E-state index in [1.54, 1.807) is 6.07 Å². The second-order valence-corrected chi connectivity index (χ2v) is 10.1. The number of sulfonamides is 1. The highest BCUT2D eigenvalue weighted by Crippen LogP contribution is 2.30. The molecule has 1 N–H and O–H groups in total. The molecule has 28 heavy (non-hydrogen) atoms. The quantitative estimate of drug-likeness (QED) is 0.721. The number of carbonyl (C=O) groups is 1. The van der Waals surface area contributed by atoms with Crippen molar-refractivity contribution < 1.29 is 13.2 Å². The number of hydrogen-bond acceptors (Lipinski definition) is 5. The average Bonchev–Trinajstić information content (AvgIpc) is 3.18. The smallest absolute Gasteiger partial charge is 0.224 e. The maximum atomic E-state index is 12.4. The first-order valence-electron chi connectivity index (χ1n) is 9.86. The topological polar surface area (TPSA) is 73.0 Å². The van der Waals surface area contributed by atoms with Gasteiger partial charge in [0.15, 0.2) is 0 Å². The van der Waals surface area contributed by atoms with Gasteiger partial charge in [0, 0.05) is 50.7 Å². The number of carbonyl (C=O) groups excluding carboxylic acids is 1. The Labute approximate surface area is 172 Å². The zero-order chi connectivity index (χ0) is 20.1. The molecule has 0 saturated carbocycles. The maximum absolute atomic E-state index is 12.4. The van der Waals surface area contributed by atoms with E-state index in [0.29, 0.717) is 30.2 Å². The zero-order valence-electron chi connectivity index (χ0n) is 16.4. The van der Waals surface area contributed by atoms with Gasteiger partial charge in [-0.05, 0) is 44.5 Å². The van der Waals surface area contributed by atoms with Crippen LogP contribution in [0.5, 0.6) is 0 Å². The largest absolute Gasteiger partial charge is 0.367 e. The summed E-state index contributed by atoms with van der Waals surface area (Å²) in [4.78, 5) is 16.9. The Morgan fingerprint density at radius 2 is 1.79 bits per heavy atom. The molecule has 156 valence electrons. The number of piperazine rings is 1. The second kappa shape index (κ2) is 9.43. The highest BCUT2D eigenvalue weighted by molar-refractivity contribution is 7.89. The van der Waals surface area contributed by atoms with Crippen LogP contribution in [-0.4, -0.2) is 75.6 Å². The van der Waals surface area contributed by atoms with Crippen LogP contribution in [0, 0.1) is 0 Å². The normalized spacial score (nSPS) is 19.1. The van der Waals surface area contributed by atoms with Crippen molar-refractivity contribution in [2.75, 3.05) is 62.3 Å². The average molecular weight is 429 g/mol. The first kappa shape index (κ1) is 21.4. The van der Waals surface area contributed by atoms with Crippen molar-refractivity contribution in [2.45, 2.75) is 25.7 Å². The highest BCUT2D eigenvalue weighted by atomic mass is 35.5. The van der Waals surface area contributed by atoms with Crippen LogP contribution >= 0.6 is 11.6 Å². The van der Waals surface area contributed by atoms with E-state index in [2.05, 4.69) is 22.2 Å². The summed E-state index contributed by atoms with van der Waals surface area (Å²) in [5.74, 6) is -0.171. The van der Waals surface area contributed by atoms with E-state index >= 15 is 0 Å². The number of rotatable bonds is 7. The van der Waals surface area contributed by atoms with E-state index in [9.17, 15) is 13.2 Å². The molecule has 2 saturated heterocycles. The molecule has 0 bridgehead atoms. The fraction of sp³-hybridized carbons (Fsp3) is 0.632. The third kappa shape index (κ3) is 5.59. The lowest BCUT2D eigenvalue weighted by molar-refractivity contribution is -0.116. The van der Waals surface area contributed by atoms with Crippen LogP contribution in [0.3, 0.4) is 0 Å². The molecule has 0 radical (unpaired) electrons. The Kier molecular flexibility index (Phi) is 7.20. The molecule has 1 aromatic carbocycles. The van der Waals surface area contributed by atoms with Crippen LogP contribution in [0.15, 0.2) is 18.2 Å². The second-order valence-electron chi connectivity index (χ2n) is 7.53. The van der Waals surface area contributed by atoms with Gasteiger partial charge in [-0.2, -0.15) is 0 Å². The molecule has 2 aliphatic heterocycles. The van der Waals surface area contributed by atoms with Gasteiger partial charge in [0.2, 0.25) is 15.9 Å². The summed E-state index contributed by atoms with van der Waals surface area (Å²) in [6.45, 7) is 4.90. The molecule has 3 rings (SSSR count). The van der Waals surface area contributed by atoms with Gasteiger partial charge in [-0.1, -0.05) is 11.6 Å². The standard InChI is InChI=1S/C19H29ClN4O3S/c1-22-10-12-23(13-11-22)18-7-6-16(20)15-17(18)21-19(25)5-4-14-28(26,27)24-8-2-3-9-24/h6-7,15H,2-5,8-14H2,1H3,(H,21,25). The molecule has 0 atom stereocenters. The molecule has 9 heteroatoms. The summed E-state index contributed by atoms with van der Waals surface area (Å²) in [7, 11) is -1.15. The van der Waals surface area contributed by atoms with Crippen LogP contribution in [-0.2, 0) is 14.8 Å². The lowest BCUT2D eigenvalue weighted by Gasteiger charge is -2.35. The highest BCUT2D eigenvalue weighted by Gasteiger charge is 2.25. The van der Waals surface area contributed by atoms with E-state index in [1.165, 1.54) is 4.31 Å². The lowest BCUT2D eigenvalue weighted by Crippen LogP contribution is -2.44. The summed E-state index contributed by atoms with van der Waals surface area (Å²) < 4.78 is 26.1. The number of halogens is 1.